The van der Waals surface area contributed by atoms with Crippen molar-refractivity contribution < 1.29 is 4.79 Å². The highest BCUT2D eigenvalue weighted by Gasteiger charge is 2.30. The second kappa shape index (κ2) is 5.98. The molecule has 124 valence electrons. The van der Waals surface area contributed by atoms with Crippen LogP contribution in [0.5, 0.6) is 0 Å². The van der Waals surface area contributed by atoms with Crippen LogP contribution >= 0.6 is 11.3 Å². The van der Waals surface area contributed by atoms with Crippen LogP contribution in [0.3, 0.4) is 0 Å². The van der Waals surface area contributed by atoms with E-state index in [-0.39, 0.29) is 11.9 Å². The second-order valence-electron chi connectivity index (χ2n) is 6.14. The largest absolute Gasteiger partial charge is 0.333 e. The van der Waals surface area contributed by atoms with E-state index in [1.165, 1.54) is 0 Å². The maximum atomic E-state index is 12.0. The van der Waals surface area contributed by atoms with Gasteiger partial charge in [-0.2, -0.15) is 5.10 Å². The van der Waals surface area contributed by atoms with Gasteiger partial charge < -0.3 is 4.90 Å². The van der Waals surface area contributed by atoms with Crippen LogP contribution in [0.1, 0.15) is 43.1 Å². The van der Waals surface area contributed by atoms with Crippen molar-refractivity contribution in [3.63, 3.8) is 0 Å². The first-order chi connectivity index (χ1) is 11.6. The molecule has 1 amide bonds. The minimum atomic E-state index is -0.00218. The summed E-state index contributed by atoms with van der Waals surface area (Å²) >= 11 is 1.67. The summed E-state index contributed by atoms with van der Waals surface area (Å²) in [4.78, 5) is 22.9. The smallest absolute Gasteiger partial charge is 0.220 e. The predicted octanol–water partition coefficient (Wildman–Crippen LogP) is 3.26. The fraction of sp³-hybridized carbons (Fsp3) is 0.412. The zero-order chi connectivity index (χ0) is 16.7. The first-order valence-corrected chi connectivity index (χ1v) is 9.00. The molecule has 1 aromatic carbocycles. The molecule has 2 aromatic heterocycles. The number of hydrogen-bond donors (Lipinski definition) is 0. The van der Waals surface area contributed by atoms with E-state index in [0.29, 0.717) is 0 Å². The molecule has 1 fully saturated rings. The Labute approximate surface area is 144 Å². The molecule has 1 atom stereocenters. The van der Waals surface area contributed by atoms with Crippen LogP contribution in [0.25, 0.3) is 15.9 Å². The van der Waals surface area contributed by atoms with Crippen molar-refractivity contribution in [1.29, 1.82) is 0 Å². The number of likely N-dealkylation sites (tertiary alicyclic amines) is 1. The average Bonchev–Trinajstić information content (AvgIpc) is 3.19. The maximum absolute atomic E-state index is 12.0. The van der Waals surface area contributed by atoms with Gasteiger partial charge in [-0.1, -0.05) is 0 Å². The number of rotatable bonds is 2. The van der Waals surface area contributed by atoms with Crippen LogP contribution in [-0.4, -0.2) is 37.1 Å². The number of benzene rings is 1. The van der Waals surface area contributed by atoms with Gasteiger partial charge in [0.05, 0.1) is 27.0 Å². The molecule has 7 heteroatoms. The summed E-state index contributed by atoms with van der Waals surface area (Å²) in [7, 11) is 0. The normalized spacial score (nSPS) is 18.2. The minimum absolute atomic E-state index is 0.00218. The summed E-state index contributed by atoms with van der Waals surface area (Å²) in [5.74, 6) is 0.938. The topological polar surface area (TPSA) is 63.9 Å². The number of amides is 1. The van der Waals surface area contributed by atoms with Crippen molar-refractivity contribution in [2.45, 2.75) is 39.2 Å². The lowest BCUT2D eigenvalue weighted by Crippen LogP contribution is -2.38. The third-order valence-corrected chi connectivity index (χ3v) is 5.44. The Hall–Kier alpha value is -2.28. The number of thiazole rings is 1. The standard InChI is InChI=1S/C17H19N5OS/c1-11-20-14-7-6-13(9-16(14)24-11)22-17(18-10-19-22)15-5-3-4-8-21(15)12(2)23/h6-7,9-10,15H,3-5,8H2,1-2H3/t15-/m1/s1. The fourth-order valence-corrected chi connectivity index (χ4v) is 4.27. The Morgan fingerprint density at radius 3 is 3.04 bits per heavy atom. The van der Waals surface area contributed by atoms with E-state index in [1.807, 2.05) is 28.6 Å². The molecule has 1 aliphatic heterocycles. The van der Waals surface area contributed by atoms with E-state index in [4.69, 9.17) is 0 Å². The number of carbonyl (C=O) groups is 1. The molecule has 4 rings (SSSR count). The highest BCUT2D eigenvalue weighted by Crippen LogP contribution is 2.31. The lowest BCUT2D eigenvalue weighted by Gasteiger charge is -2.34. The summed E-state index contributed by atoms with van der Waals surface area (Å²) in [6, 6.07) is 6.13. The molecule has 0 spiro atoms. The van der Waals surface area contributed by atoms with Crippen molar-refractivity contribution in [1.82, 2.24) is 24.6 Å². The van der Waals surface area contributed by atoms with Crippen molar-refractivity contribution in [3.8, 4) is 5.69 Å². The van der Waals surface area contributed by atoms with Crippen molar-refractivity contribution >= 4 is 27.5 Å². The Balaban J connectivity index is 1.76. The van der Waals surface area contributed by atoms with Crippen LogP contribution < -0.4 is 0 Å². The molecule has 3 aromatic rings. The van der Waals surface area contributed by atoms with Gasteiger partial charge in [-0.3, -0.25) is 4.79 Å². The van der Waals surface area contributed by atoms with Crippen LogP contribution in [0, 0.1) is 6.92 Å². The number of carbonyl (C=O) groups excluding carboxylic acids is 1. The Kier molecular flexibility index (Phi) is 3.80. The number of hydrogen-bond acceptors (Lipinski definition) is 5. The average molecular weight is 341 g/mol. The maximum Gasteiger partial charge on any atom is 0.220 e. The minimum Gasteiger partial charge on any atom is -0.333 e. The Bertz CT molecular complexity index is 899. The third kappa shape index (κ3) is 2.58. The van der Waals surface area contributed by atoms with Crippen LogP contribution in [-0.2, 0) is 4.79 Å². The van der Waals surface area contributed by atoms with Gasteiger partial charge in [-0.25, -0.2) is 14.6 Å². The number of fused-ring (bicyclic) bond motifs is 1. The third-order valence-electron chi connectivity index (χ3n) is 4.50. The predicted molar refractivity (Wildman–Crippen MR) is 93.3 cm³/mol. The Morgan fingerprint density at radius 2 is 2.21 bits per heavy atom. The SMILES string of the molecule is CC(=O)N1CCCC[C@@H]1c1ncnn1-c1ccc2nc(C)sc2c1. The number of aromatic nitrogens is 4. The zero-order valence-corrected chi connectivity index (χ0v) is 14.6. The molecule has 0 radical (unpaired) electrons. The first-order valence-electron chi connectivity index (χ1n) is 8.18. The molecule has 3 heterocycles. The Morgan fingerprint density at radius 1 is 1.33 bits per heavy atom. The summed E-state index contributed by atoms with van der Waals surface area (Å²) < 4.78 is 3.00. The molecular weight excluding hydrogens is 322 g/mol. The molecule has 1 aliphatic rings. The highest BCUT2D eigenvalue weighted by molar-refractivity contribution is 7.18. The van der Waals surface area contributed by atoms with Gasteiger partial charge in [0, 0.05) is 13.5 Å². The first kappa shape index (κ1) is 15.3. The second-order valence-corrected chi connectivity index (χ2v) is 7.37. The number of piperidine rings is 1. The zero-order valence-electron chi connectivity index (χ0n) is 13.8. The van der Waals surface area contributed by atoms with Crippen LogP contribution in [0.15, 0.2) is 24.5 Å². The number of aryl methyl sites for hydroxylation is 1. The van der Waals surface area contributed by atoms with E-state index >= 15 is 0 Å². The van der Waals surface area contributed by atoms with Crippen molar-refractivity contribution in [3.05, 3.63) is 35.4 Å². The lowest BCUT2D eigenvalue weighted by atomic mass is 10.0. The summed E-state index contributed by atoms with van der Waals surface area (Å²) in [5.41, 5.74) is 1.97. The molecule has 1 saturated heterocycles. The molecule has 0 unspecified atom stereocenters. The van der Waals surface area contributed by atoms with E-state index in [0.717, 1.165) is 52.5 Å². The van der Waals surface area contributed by atoms with Gasteiger partial charge in [0.15, 0.2) is 5.82 Å². The van der Waals surface area contributed by atoms with E-state index < -0.39 is 0 Å². The highest BCUT2D eigenvalue weighted by atomic mass is 32.1. The number of nitrogens with zero attached hydrogens (tertiary/aromatic N) is 5. The fourth-order valence-electron chi connectivity index (χ4n) is 3.41. The van der Waals surface area contributed by atoms with Gasteiger partial charge >= 0.3 is 0 Å². The molecule has 0 saturated carbocycles. The molecule has 0 aliphatic carbocycles. The van der Waals surface area contributed by atoms with Crippen molar-refractivity contribution in [2.24, 2.45) is 0 Å². The van der Waals surface area contributed by atoms with Gasteiger partial charge in [0.2, 0.25) is 5.91 Å². The van der Waals surface area contributed by atoms with E-state index in [1.54, 1.807) is 24.6 Å². The molecule has 24 heavy (non-hydrogen) atoms. The van der Waals surface area contributed by atoms with Gasteiger partial charge in [-0.15, -0.1) is 11.3 Å². The summed E-state index contributed by atoms with van der Waals surface area (Å²) in [6.45, 7) is 4.43. The van der Waals surface area contributed by atoms with Crippen LogP contribution in [0.4, 0.5) is 0 Å². The summed E-state index contributed by atoms with van der Waals surface area (Å²) in [6.07, 6.45) is 4.66. The van der Waals surface area contributed by atoms with Crippen molar-refractivity contribution in [2.75, 3.05) is 6.54 Å². The lowest BCUT2D eigenvalue weighted by molar-refractivity contribution is -0.132. The van der Waals surface area contributed by atoms with Crippen LogP contribution in [0.2, 0.25) is 0 Å². The molecule has 0 bridgehead atoms. The quantitative estimate of drug-likeness (QED) is 0.718. The monoisotopic (exact) mass is 341 g/mol. The summed E-state index contributed by atoms with van der Waals surface area (Å²) in [5, 5.41) is 5.47. The van der Waals surface area contributed by atoms with Gasteiger partial charge in [0.25, 0.3) is 0 Å². The van der Waals surface area contributed by atoms with E-state index in [2.05, 4.69) is 21.1 Å². The van der Waals surface area contributed by atoms with Gasteiger partial charge in [-0.05, 0) is 44.4 Å². The molecule has 0 N–H and O–H groups in total. The van der Waals surface area contributed by atoms with E-state index in [9.17, 15) is 4.79 Å². The van der Waals surface area contributed by atoms with Gasteiger partial charge in [0.1, 0.15) is 6.33 Å². The molecular formula is C17H19N5OS. The molecule has 6 nitrogen and oxygen atoms in total.